The number of halogens is 1. The molecule has 0 aliphatic rings. The Balaban J connectivity index is 2.18. The van der Waals surface area contributed by atoms with Crippen molar-refractivity contribution in [3.63, 3.8) is 0 Å². The average molecular weight is 276 g/mol. The molecular formula is C15H17FN2O2. The minimum Gasteiger partial charge on any atom is -0.481 e. The number of hydrogen-bond acceptors (Lipinski definition) is 2. The number of aromatic nitrogens is 2. The smallest absolute Gasteiger partial charge is 0.303 e. The summed E-state index contributed by atoms with van der Waals surface area (Å²) in [7, 11) is 0. The topological polar surface area (TPSA) is 55.1 Å². The molecule has 4 nitrogen and oxygen atoms in total. The Bertz CT molecular complexity index is 618. The first kappa shape index (κ1) is 14.2. The molecule has 0 saturated carbocycles. The van der Waals surface area contributed by atoms with Crippen LogP contribution in [0.25, 0.3) is 0 Å². The van der Waals surface area contributed by atoms with Crippen LogP contribution in [0.15, 0.2) is 24.3 Å². The first-order valence-electron chi connectivity index (χ1n) is 6.46. The maximum atomic E-state index is 12.9. The van der Waals surface area contributed by atoms with Crippen LogP contribution in [0.3, 0.4) is 0 Å². The summed E-state index contributed by atoms with van der Waals surface area (Å²) in [6.45, 7) is 4.37. The molecule has 0 saturated heterocycles. The zero-order valence-corrected chi connectivity index (χ0v) is 11.6. The van der Waals surface area contributed by atoms with Gasteiger partial charge in [0.15, 0.2) is 0 Å². The maximum Gasteiger partial charge on any atom is 0.303 e. The number of carboxylic acid groups (broad SMARTS) is 1. The van der Waals surface area contributed by atoms with Crippen LogP contribution in [0.1, 0.15) is 28.9 Å². The molecule has 2 rings (SSSR count). The molecule has 1 N–H and O–H groups in total. The van der Waals surface area contributed by atoms with Crippen LogP contribution >= 0.6 is 0 Å². The summed E-state index contributed by atoms with van der Waals surface area (Å²) in [5.41, 5.74) is 3.76. The number of rotatable bonds is 5. The van der Waals surface area contributed by atoms with E-state index in [1.807, 2.05) is 18.5 Å². The number of hydrogen-bond donors (Lipinski definition) is 1. The molecule has 20 heavy (non-hydrogen) atoms. The van der Waals surface area contributed by atoms with Gasteiger partial charge in [-0.05, 0) is 43.5 Å². The highest BCUT2D eigenvalue weighted by molar-refractivity contribution is 5.67. The van der Waals surface area contributed by atoms with Gasteiger partial charge < -0.3 is 5.11 Å². The van der Waals surface area contributed by atoms with E-state index in [0.717, 1.165) is 22.5 Å². The maximum absolute atomic E-state index is 12.9. The fourth-order valence-electron chi connectivity index (χ4n) is 2.24. The summed E-state index contributed by atoms with van der Waals surface area (Å²) in [5, 5.41) is 13.2. The highest BCUT2D eigenvalue weighted by Gasteiger charge is 2.12. The lowest BCUT2D eigenvalue weighted by Gasteiger charge is -2.05. The predicted octanol–water partition coefficient (Wildman–Crippen LogP) is 2.70. The fraction of sp³-hybridized carbons (Fsp3) is 0.333. The van der Waals surface area contributed by atoms with Gasteiger partial charge in [0.1, 0.15) is 5.82 Å². The third kappa shape index (κ3) is 3.23. The van der Waals surface area contributed by atoms with Gasteiger partial charge in [-0.1, -0.05) is 12.1 Å². The van der Waals surface area contributed by atoms with Crippen LogP contribution in [0, 0.1) is 19.7 Å². The predicted molar refractivity (Wildman–Crippen MR) is 73.2 cm³/mol. The van der Waals surface area contributed by atoms with Gasteiger partial charge in [0, 0.05) is 12.1 Å². The van der Waals surface area contributed by atoms with E-state index in [1.54, 1.807) is 12.1 Å². The van der Waals surface area contributed by atoms with Crippen molar-refractivity contribution in [2.75, 3.05) is 0 Å². The standard InChI is InChI=1S/C15H17FN2O2/c1-10-14(7-8-15(19)20)11(2)18(17-10)9-12-3-5-13(16)6-4-12/h3-6H,7-9H2,1-2H3,(H,19,20). The molecule has 106 valence electrons. The number of aliphatic carboxylic acids is 1. The Morgan fingerprint density at radius 2 is 1.95 bits per heavy atom. The third-order valence-electron chi connectivity index (χ3n) is 3.37. The molecular weight excluding hydrogens is 259 g/mol. The summed E-state index contributed by atoms with van der Waals surface area (Å²) in [6.07, 6.45) is 0.584. The zero-order chi connectivity index (χ0) is 14.7. The SMILES string of the molecule is Cc1nn(Cc2ccc(F)cc2)c(C)c1CCC(=O)O. The lowest BCUT2D eigenvalue weighted by molar-refractivity contribution is -0.136. The lowest BCUT2D eigenvalue weighted by Crippen LogP contribution is -2.05. The van der Waals surface area contributed by atoms with E-state index in [0.29, 0.717) is 13.0 Å². The van der Waals surface area contributed by atoms with Gasteiger partial charge in [-0.25, -0.2) is 4.39 Å². The van der Waals surface area contributed by atoms with E-state index in [1.165, 1.54) is 12.1 Å². The Morgan fingerprint density at radius 1 is 1.30 bits per heavy atom. The number of carbonyl (C=O) groups is 1. The van der Waals surface area contributed by atoms with E-state index < -0.39 is 5.97 Å². The molecule has 5 heteroatoms. The highest BCUT2D eigenvalue weighted by Crippen LogP contribution is 2.16. The molecule has 2 aromatic rings. The van der Waals surface area contributed by atoms with Crippen LogP contribution in [0.4, 0.5) is 4.39 Å². The lowest BCUT2D eigenvalue weighted by atomic mass is 10.1. The molecule has 0 aliphatic heterocycles. The van der Waals surface area contributed by atoms with E-state index in [4.69, 9.17) is 5.11 Å². The molecule has 0 unspecified atom stereocenters. The summed E-state index contributed by atoms with van der Waals surface area (Å²) in [4.78, 5) is 10.7. The van der Waals surface area contributed by atoms with Crippen molar-refractivity contribution in [3.05, 3.63) is 52.6 Å². The Morgan fingerprint density at radius 3 is 2.55 bits per heavy atom. The van der Waals surface area contributed by atoms with E-state index in [2.05, 4.69) is 5.10 Å². The Kier molecular flexibility index (Phi) is 4.17. The van der Waals surface area contributed by atoms with Crippen molar-refractivity contribution in [2.24, 2.45) is 0 Å². The van der Waals surface area contributed by atoms with Crippen LogP contribution < -0.4 is 0 Å². The van der Waals surface area contributed by atoms with Gasteiger partial charge in [0.05, 0.1) is 12.2 Å². The van der Waals surface area contributed by atoms with Gasteiger partial charge in [-0.15, -0.1) is 0 Å². The zero-order valence-electron chi connectivity index (χ0n) is 11.6. The van der Waals surface area contributed by atoms with Gasteiger partial charge in [0.2, 0.25) is 0 Å². The van der Waals surface area contributed by atoms with Crippen molar-refractivity contribution in [2.45, 2.75) is 33.2 Å². The van der Waals surface area contributed by atoms with E-state index in [9.17, 15) is 9.18 Å². The number of benzene rings is 1. The quantitative estimate of drug-likeness (QED) is 0.913. The average Bonchev–Trinajstić information content (AvgIpc) is 2.65. The number of carboxylic acids is 1. The van der Waals surface area contributed by atoms with Crippen molar-refractivity contribution < 1.29 is 14.3 Å². The van der Waals surface area contributed by atoms with E-state index >= 15 is 0 Å². The van der Waals surface area contributed by atoms with Gasteiger partial charge >= 0.3 is 5.97 Å². The summed E-state index contributed by atoms with van der Waals surface area (Å²) in [5.74, 6) is -1.07. The third-order valence-corrected chi connectivity index (χ3v) is 3.37. The molecule has 0 atom stereocenters. The molecule has 0 radical (unpaired) electrons. The first-order valence-corrected chi connectivity index (χ1v) is 6.46. The Labute approximate surface area is 116 Å². The molecule has 0 bridgehead atoms. The van der Waals surface area contributed by atoms with Gasteiger partial charge in [-0.3, -0.25) is 9.48 Å². The minimum atomic E-state index is -0.810. The monoisotopic (exact) mass is 276 g/mol. The van der Waals surface area contributed by atoms with E-state index in [-0.39, 0.29) is 12.2 Å². The van der Waals surface area contributed by atoms with Crippen LogP contribution in [0.5, 0.6) is 0 Å². The second kappa shape index (κ2) is 5.86. The molecule has 0 fully saturated rings. The van der Waals surface area contributed by atoms with Crippen molar-refractivity contribution in [3.8, 4) is 0 Å². The number of nitrogens with zero attached hydrogens (tertiary/aromatic N) is 2. The molecule has 0 spiro atoms. The van der Waals surface area contributed by atoms with Crippen molar-refractivity contribution in [1.29, 1.82) is 0 Å². The Hall–Kier alpha value is -2.17. The second-order valence-corrected chi connectivity index (χ2v) is 4.83. The summed E-state index contributed by atoms with van der Waals surface area (Å²) >= 11 is 0. The number of aryl methyl sites for hydroxylation is 1. The molecule has 1 aromatic heterocycles. The highest BCUT2D eigenvalue weighted by atomic mass is 19.1. The van der Waals surface area contributed by atoms with Gasteiger partial charge in [0.25, 0.3) is 0 Å². The van der Waals surface area contributed by atoms with Crippen LogP contribution in [-0.4, -0.2) is 20.9 Å². The normalized spacial score (nSPS) is 10.8. The minimum absolute atomic E-state index is 0.101. The molecule has 1 heterocycles. The summed E-state index contributed by atoms with van der Waals surface area (Å²) in [6, 6.07) is 6.30. The van der Waals surface area contributed by atoms with Crippen LogP contribution in [0.2, 0.25) is 0 Å². The molecule has 0 aliphatic carbocycles. The largest absolute Gasteiger partial charge is 0.481 e. The second-order valence-electron chi connectivity index (χ2n) is 4.83. The molecule has 0 amide bonds. The first-order chi connectivity index (χ1) is 9.47. The summed E-state index contributed by atoms with van der Waals surface area (Å²) < 4.78 is 14.7. The fourth-order valence-corrected chi connectivity index (χ4v) is 2.24. The van der Waals surface area contributed by atoms with Crippen molar-refractivity contribution >= 4 is 5.97 Å². The molecule has 1 aromatic carbocycles. The van der Waals surface area contributed by atoms with Gasteiger partial charge in [-0.2, -0.15) is 5.10 Å². The van der Waals surface area contributed by atoms with Crippen LogP contribution in [-0.2, 0) is 17.8 Å². The van der Waals surface area contributed by atoms with Crippen molar-refractivity contribution in [1.82, 2.24) is 9.78 Å².